The number of aliphatic hydroxyl groups excluding tert-OH is 2. The average Bonchev–Trinajstić information content (AvgIpc) is 3.09. The molecule has 0 saturated heterocycles. The van der Waals surface area contributed by atoms with Crippen LogP contribution in [0.15, 0.2) is 22.8 Å². The number of hydrogen-bond acceptors (Lipinski definition) is 6. The van der Waals surface area contributed by atoms with Gasteiger partial charge >= 0.3 is 5.97 Å². The van der Waals surface area contributed by atoms with E-state index in [1.807, 2.05) is 31.7 Å². The van der Waals surface area contributed by atoms with Crippen molar-refractivity contribution in [2.45, 2.75) is 111 Å². The van der Waals surface area contributed by atoms with Crippen LogP contribution in [0.5, 0.6) is 0 Å². The summed E-state index contributed by atoms with van der Waals surface area (Å²) in [6.07, 6.45) is 11.1. The van der Waals surface area contributed by atoms with Crippen LogP contribution in [0.3, 0.4) is 0 Å². The smallest absolute Gasteiger partial charge is 0.310 e. The fraction of sp³-hybridized carbons (Fsp3) is 0.778. The second-order valence-electron chi connectivity index (χ2n) is 8.98. The van der Waals surface area contributed by atoms with Crippen molar-refractivity contribution < 1.29 is 24.5 Å². The lowest BCUT2D eigenvalue weighted by atomic mass is 10.0. The molecular weight excluding hydrogens is 450 g/mol. The van der Waals surface area contributed by atoms with E-state index in [4.69, 9.17) is 4.74 Å². The Balaban J connectivity index is 2.69. The van der Waals surface area contributed by atoms with Gasteiger partial charge in [0.1, 0.15) is 5.76 Å². The molecule has 1 aliphatic carbocycles. The van der Waals surface area contributed by atoms with Crippen LogP contribution < -0.4 is 0 Å². The lowest BCUT2D eigenvalue weighted by Crippen LogP contribution is -2.30. The van der Waals surface area contributed by atoms with Gasteiger partial charge in [-0.2, -0.15) is 0 Å². The Labute approximate surface area is 211 Å². The third kappa shape index (κ3) is 11.4. The summed E-state index contributed by atoms with van der Waals surface area (Å²) in [6.45, 7) is 9.58. The Hall–Kier alpha value is -1.31. The largest absolute Gasteiger partial charge is 0.430 e. The third-order valence-electron chi connectivity index (χ3n) is 6.13. The molecule has 1 amide bonds. The number of carbonyl (C=O) groups is 2. The maximum atomic E-state index is 12.1. The van der Waals surface area contributed by atoms with Crippen molar-refractivity contribution in [3.63, 3.8) is 0 Å². The van der Waals surface area contributed by atoms with Gasteiger partial charge in [0.05, 0.1) is 12.2 Å². The van der Waals surface area contributed by atoms with Gasteiger partial charge in [-0.1, -0.05) is 51.7 Å². The van der Waals surface area contributed by atoms with E-state index in [0.717, 1.165) is 68.7 Å². The maximum Gasteiger partial charge on any atom is 0.310 e. The summed E-state index contributed by atoms with van der Waals surface area (Å²) in [5, 5.41) is 21.0. The van der Waals surface area contributed by atoms with Gasteiger partial charge < -0.3 is 19.8 Å². The van der Waals surface area contributed by atoms with Gasteiger partial charge in [0.2, 0.25) is 5.91 Å². The molecule has 1 rings (SSSR count). The maximum absolute atomic E-state index is 12.1. The zero-order chi connectivity index (χ0) is 25.3. The molecule has 1 aliphatic rings. The number of carbonyl (C=O) groups excluding carboxylic acids is 2. The molecule has 196 valence electrons. The van der Waals surface area contributed by atoms with Crippen LogP contribution >= 0.6 is 11.8 Å². The summed E-state index contributed by atoms with van der Waals surface area (Å²) in [6, 6.07) is 0. The minimum absolute atomic E-state index is 0.215. The van der Waals surface area contributed by atoms with Crippen LogP contribution in [0.25, 0.3) is 0 Å². The minimum Gasteiger partial charge on any atom is -0.430 e. The lowest BCUT2D eigenvalue weighted by molar-refractivity contribution is -0.139. The molecule has 0 radical (unpaired) electrons. The van der Waals surface area contributed by atoms with E-state index in [2.05, 4.69) is 6.92 Å². The van der Waals surface area contributed by atoms with Crippen LogP contribution in [-0.4, -0.2) is 58.0 Å². The summed E-state index contributed by atoms with van der Waals surface area (Å²) in [5.74, 6) is 1.09. The molecule has 6 nitrogen and oxygen atoms in total. The van der Waals surface area contributed by atoms with E-state index in [1.54, 1.807) is 17.8 Å². The molecule has 0 fully saturated rings. The molecule has 3 atom stereocenters. The van der Waals surface area contributed by atoms with E-state index in [9.17, 15) is 19.8 Å². The monoisotopic (exact) mass is 497 g/mol. The highest BCUT2D eigenvalue weighted by Crippen LogP contribution is 2.41. The van der Waals surface area contributed by atoms with Gasteiger partial charge in [0.25, 0.3) is 0 Å². The number of unbranched alkanes of at least 4 members (excludes halogenated alkanes) is 4. The van der Waals surface area contributed by atoms with Gasteiger partial charge in [0.15, 0.2) is 0 Å². The van der Waals surface area contributed by atoms with E-state index in [0.29, 0.717) is 31.4 Å². The number of amides is 1. The molecule has 0 aliphatic heterocycles. The average molecular weight is 498 g/mol. The summed E-state index contributed by atoms with van der Waals surface area (Å²) >= 11 is 1.63. The van der Waals surface area contributed by atoms with Crippen molar-refractivity contribution in [3.05, 3.63) is 22.8 Å². The lowest BCUT2D eigenvalue weighted by Gasteiger charge is -2.18. The number of aliphatic hydroxyl groups is 2. The summed E-state index contributed by atoms with van der Waals surface area (Å²) < 4.78 is 5.63. The summed E-state index contributed by atoms with van der Waals surface area (Å²) in [7, 11) is 0. The second kappa shape index (κ2) is 18.0. The third-order valence-corrected chi connectivity index (χ3v) is 7.43. The second-order valence-corrected chi connectivity index (χ2v) is 10.1. The number of nitrogens with zero attached hydrogens (tertiary/aromatic N) is 1. The number of rotatable bonds is 18. The van der Waals surface area contributed by atoms with Gasteiger partial charge in [-0.05, 0) is 45.3 Å². The molecule has 0 spiro atoms. The first-order valence-electron chi connectivity index (χ1n) is 13.3. The van der Waals surface area contributed by atoms with Crippen LogP contribution in [0.1, 0.15) is 98.3 Å². The fourth-order valence-corrected chi connectivity index (χ4v) is 5.36. The predicted octanol–water partition coefficient (Wildman–Crippen LogP) is 5.58. The van der Waals surface area contributed by atoms with Crippen molar-refractivity contribution in [1.82, 2.24) is 4.90 Å². The first-order chi connectivity index (χ1) is 16.4. The highest BCUT2D eigenvalue weighted by atomic mass is 32.2. The number of thioether (sulfide) groups is 1. The van der Waals surface area contributed by atoms with E-state index in [-0.39, 0.29) is 17.8 Å². The van der Waals surface area contributed by atoms with Crippen molar-refractivity contribution in [3.8, 4) is 0 Å². The Morgan fingerprint density at radius 1 is 1.06 bits per heavy atom. The molecule has 0 aromatic heterocycles. The predicted molar refractivity (Wildman–Crippen MR) is 140 cm³/mol. The van der Waals surface area contributed by atoms with Crippen molar-refractivity contribution in [2.75, 3.05) is 18.8 Å². The van der Waals surface area contributed by atoms with Crippen molar-refractivity contribution >= 4 is 23.6 Å². The fourth-order valence-electron chi connectivity index (χ4n) is 4.07. The Bertz CT molecular complexity index is 659. The first-order valence-corrected chi connectivity index (χ1v) is 14.2. The number of hydrogen-bond donors (Lipinski definition) is 2. The van der Waals surface area contributed by atoms with Gasteiger partial charge in [0, 0.05) is 43.2 Å². The molecule has 7 heteroatoms. The van der Waals surface area contributed by atoms with Crippen LogP contribution in [0.4, 0.5) is 0 Å². The molecule has 0 bridgehead atoms. The van der Waals surface area contributed by atoms with E-state index >= 15 is 0 Å². The van der Waals surface area contributed by atoms with E-state index in [1.165, 1.54) is 0 Å². The highest BCUT2D eigenvalue weighted by Gasteiger charge is 2.34. The number of esters is 1. The first kappa shape index (κ1) is 30.7. The molecule has 0 aromatic rings. The standard InChI is InChI=1S/C27H47NO5S/c1-5-9-11-15-21(29)17-18-22-23(30)20-24(33-26(32)14-6-2)27(22)34-19-13-10-12-16-25(31)28(7-3)8-4/h17-18,21-23,29-30H,5-16,19-20H2,1-4H3/t21-,22-,23+/m0/s1. The topological polar surface area (TPSA) is 87.1 Å². The van der Waals surface area contributed by atoms with Crippen LogP contribution in [0.2, 0.25) is 0 Å². The highest BCUT2D eigenvalue weighted by molar-refractivity contribution is 8.03. The normalized spacial score (nSPS) is 19.1. The SMILES string of the molecule is CCCCC[C@H](O)C=C[C@@H]1C(SCCCCCC(=O)N(CC)CC)=C(OC(=O)CCC)C[C@H]1O. The minimum atomic E-state index is -0.655. The van der Waals surface area contributed by atoms with Gasteiger partial charge in [-0.15, -0.1) is 11.8 Å². The molecule has 0 unspecified atom stereocenters. The zero-order valence-electron chi connectivity index (χ0n) is 21.8. The van der Waals surface area contributed by atoms with Crippen LogP contribution in [0, 0.1) is 5.92 Å². The van der Waals surface area contributed by atoms with E-state index < -0.39 is 12.2 Å². The Kier molecular flexibility index (Phi) is 16.3. The quantitative estimate of drug-likeness (QED) is 0.146. The van der Waals surface area contributed by atoms with Gasteiger partial charge in [-0.25, -0.2) is 0 Å². The summed E-state index contributed by atoms with van der Waals surface area (Å²) in [4.78, 5) is 27.0. The van der Waals surface area contributed by atoms with Crippen molar-refractivity contribution in [1.29, 1.82) is 0 Å². The molecule has 0 saturated carbocycles. The number of ether oxygens (including phenoxy) is 1. The summed E-state index contributed by atoms with van der Waals surface area (Å²) in [5.41, 5.74) is 0. The Morgan fingerprint density at radius 2 is 1.79 bits per heavy atom. The Morgan fingerprint density at radius 3 is 2.44 bits per heavy atom. The molecule has 2 N–H and O–H groups in total. The van der Waals surface area contributed by atoms with Crippen molar-refractivity contribution in [2.24, 2.45) is 5.92 Å². The molecule has 0 aromatic carbocycles. The zero-order valence-corrected chi connectivity index (χ0v) is 22.6. The molecule has 0 heterocycles. The van der Waals surface area contributed by atoms with Gasteiger partial charge in [-0.3, -0.25) is 9.59 Å². The molecular formula is C27H47NO5S. The molecule has 34 heavy (non-hydrogen) atoms. The van der Waals surface area contributed by atoms with Crippen LogP contribution in [-0.2, 0) is 14.3 Å².